The van der Waals surface area contributed by atoms with Crippen LogP contribution in [0.3, 0.4) is 0 Å². The number of anilines is 1. The number of carbonyl (C=O) groups excluding carboxylic acids is 1. The predicted molar refractivity (Wildman–Crippen MR) is 88.5 cm³/mol. The van der Waals surface area contributed by atoms with E-state index in [-0.39, 0.29) is 12.1 Å². The fourth-order valence-electron chi connectivity index (χ4n) is 3.04. The molecule has 0 radical (unpaired) electrons. The highest BCUT2D eigenvalue weighted by molar-refractivity contribution is 7.08. The number of hydrogen-bond donors (Lipinski definition) is 1. The molecular formula is C17H14F6N2OS. The second-order valence-electron chi connectivity index (χ2n) is 6.13. The van der Waals surface area contributed by atoms with Crippen LogP contribution in [-0.4, -0.2) is 17.5 Å². The minimum atomic E-state index is -4.96. The Morgan fingerprint density at radius 3 is 2.22 bits per heavy atom. The van der Waals surface area contributed by atoms with E-state index < -0.39 is 35.2 Å². The Morgan fingerprint density at radius 2 is 1.70 bits per heavy atom. The Hall–Kier alpha value is -2.23. The van der Waals surface area contributed by atoms with Gasteiger partial charge in [0.2, 0.25) is 0 Å². The van der Waals surface area contributed by atoms with Crippen molar-refractivity contribution in [1.29, 1.82) is 0 Å². The zero-order chi connectivity index (χ0) is 19.8. The zero-order valence-corrected chi connectivity index (χ0v) is 14.5. The minimum Gasteiger partial charge on any atom is -0.317 e. The number of carbonyl (C=O) groups is 1. The molecule has 0 bridgehead atoms. The molecule has 27 heavy (non-hydrogen) atoms. The van der Waals surface area contributed by atoms with E-state index in [2.05, 4.69) is 5.32 Å². The van der Waals surface area contributed by atoms with Gasteiger partial charge in [-0.3, -0.25) is 0 Å². The molecule has 2 aromatic rings. The van der Waals surface area contributed by atoms with Crippen LogP contribution in [0.5, 0.6) is 0 Å². The summed E-state index contributed by atoms with van der Waals surface area (Å²) in [5.41, 5.74) is -2.59. The molecule has 0 unspecified atom stereocenters. The van der Waals surface area contributed by atoms with Gasteiger partial charge in [-0.15, -0.1) is 0 Å². The molecule has 146 valence electrons. The SMILES string of the molecule is O=C(Nc1cc(C(F)(F)F)cc(C(F)(F)F)c1)N1CCC[C@H]1c1ccsc1. The van der Waals surface area contributed by atoms with E-state index in [0.29, 0.717) is 31.5 Å². The average Bonchev–Trinajstić information content (AvgIpc) is 3.24. The standard InChI is InChI=1S/C17H14F6N2OS/c18-16(19,20)11-6-12(17(21,22)23)8-13(7-11)24-15(26)25-4-1-2-14(25)10-3-5-27-9-10/h3,5-9,14H,1-2,4H2,(H,24,26)/t14-/m0/s1. The molecule has 1 aromatic carbocycles. The summed E-state index contributed by atoms with van der Waals surface area (Å²) < 4.78 is 77.6. The summed E-state index contributed by atoms with van der Waals surface area (Å²) in [4.78, 5) is 13.9. The first-order chi connectivity index (χ1) is 12.6. The normalized spacial score (nSPS) is 18.0. The number of likely N-dealkylation sites (tertiary alicyclic amines) is 1. The second-order valence-corrected chi connectivity index (χ2v) is 6.91. The van der Waals surface area contributed by atoms with E-state index in [1.165, 1.54) is 16.2 Å². The van der Waals surface area contributed by atoms with Gasteiger partial charge in [0.05, 0.1) is 17.2 Å². The molecular weight excluding hydrogens is 394 g/mol. The molecule has 1 aromatic heterocycles. The number of thiophene rings is 1. The van der Waals surface area contributed by atoms with Gasteiger partial charge in [0.15, 0.2) is 0 Å². The van der Waals surface area contributed by atoms with Gasteiger partial charge < -0.3 is 10.2 Å². The number of nitrogens with one attached hydrogen (secondary N) is 1. The molecule has 1 aliphatic heterocycles. The third-order valence-electron chi connectivity index (χ3n) is 4.28. The number of rotatable bonds is 2. The summed E-state index contributed by atoms with van der Waals surface area (Å²) in [5.74, 6) is 0. The van der Waals surface area contributed by atoms with Crippen LogP contribution >= 0.6 is 11.3 Å². The first-order valence-electron chi connectivity index (χ1n) is 7.95. The van der Waals surface area contributed by atoms with Crippen LogP contribution in [0.4, 0.5) is 36.8 Å². The zero-order valence-electron chi connectivity index (χ0n) is 13.7. The Morgan fingerprint density at radius 1 is 1.07 bits per heavy atom. The summed E-state index contributed by atoms with van der Waals surface area (Å²) in [6, 6.07) is 1.90. The predicted octanol–water partition coefficient (Wildman–Crippen LogP) is 6.15. The third-order valence-corrected chi connectivity index (χ3v) is 4.98. The number of urea groups is 1. The second kappa shape index (κ2) is 7.06. The van der Waals surface area contributed by atoms with Crippen LogP contribution in [0.25, 0.3) is 0 Å². The van der Waals surface area contributed by atoms with Gasteiger partial charge in [-0.05, 0) is 53.4 Å². The molecule has 3 rings (SSSR count). The van der Waals surface area contributed by atoms with Gasteiger partial charge in [-0.1, -0.05) is 0 Å². The van der Waals surface area contributed by atoms with Gasteiger partial charge in [0.1, 0.15) is 0 Å². The van der Waals surface area contributed by atoms with Crippen LogP contribution in [0.15, 0.2) is 35.0 Å². The molecule has 3 nitrogen and oxygen atoms in total. The van der Waals surface area contributed by atoms with Gasteiger partial charge in [0, 0.05) is 12.2 Å². The summed E-state index contributed by atoms with van der Waals surface area (Å²) in [7, 11) is 0. The van der Waals surface area contributed by atoms with Gasteiger partial charge in [0.25, 0.3) is 0 Å². The van der Waals surface area contributed by atoms with Crippen molar-refractivity contribution in [2.45, 2.75) is 31.2 Å². The Labute approximate surface area is 154 Å². The summed E-state index contributed by atoms with van der Waals surface area (Å²) in [6.07, 6.45) is -8.55. The number of hydrogen-bond acceptors (Lipinski definition) is 2. The highest BCUT2D eigenvalue weighted by atomic mass is 32.1. The maximum Gasteiger partial charge on any atom is 0.416 e. The summed E-state index contributed by atoms with van der Waals surface area (Å²) >= 11 is 1.45. The fraction of sp³-hybridized carbons (Fsp3) is 0.353. The van der Waals surface area contributed by atoms with Crippen molar-refractivity contribution in [3.63, 3.8) is 0 Å². The van der Waals surface area contributed by atoms with Crippen molar-refractivity contribution in [1.82, 2.24) is 4.90 Å². The Balaban J connectivity index is 1.87. The van der Waals surface area contributed by atoms with Gasteiger partial charge in [-0.25, -0.2) is 4.79 Å². The molecule has 0 saturated carbocycles. The van der Waals surface area contributed by atoms with Crippen molar-refractivity contribution in [3.05, 3.63) is 51.7 Å². The monoisotopic (exact) mass is 408 g/mol. The highest BCUT2D eigenvalue weighted by Gasteiger charge is 2.37. The van der Waals surface area contributed by atoms with Crippen LogP contribution < -0.4 is 5.32 Å². The topological polar surface area (TPSA) is 32.3 Å². The van der Waals surface area contributed by atoms with Crippen LogP contribution in [0.1, 0.15) is 35.6 Å². The molecule has 1 fully saturated rings. The fourth-order valence-corrected chi connectivity index (χ4v) is 3.75. The number of benzene rings is 1. The van der Waals surface area contributed by atoms with Gasteiger partial charge in [-0.2, -0.15) is 37.7 Å². The smallest absolute Gasteiger partial charge is 0.317 e. The van der Waals surface area contributed by atoms with Crippen molar-refractivity contribution in [2.75, 3.05) is 11.9 Å². The van der Waals surface area contributed by atoms with Crippen LogP contribution in [0.2, 0.25) is 0 Å². The maximum absolute atomic E-state index is 12.9. The molecule has 0 aliphatic carbocycles. The average molecular weight is 408 g/mol. The van der Waals surface area contributed by atoms with Crippen LogP contribution in [0, 0.1) is 0 Å². The maximum atomic E-state index is 12.9. The lowest BCUT2D eigenvalue weighted by molar-refractivity contribution is -0.143. The highest BCUT2D eigenvalue weighted by Crippen LogP contribution is 2.38. The number of halogens is 6. The van der Waals surface area contributed by atoms with E-state index in [0.717, 1.165) is 5.56 Å². The molecule has 1 saturated heterocycles. The largest absolute Gasteiger partial charge is 0.416 e. The molecule has 10 heteroatoms. The minimum absolute atomic E-state index is 0.0275. The first kappa shape index (κ1) is 19.5. The van der Waals surface area contributed by atoms with Crippen LogP contribution in [-0.2, 0) is 12.4 Å². The van der Waals surface area contributed by atoms with E-state index in [4.69, 9.17) is 0 Å². The van der Waals surface area contributed by atoms with Crippen molar-refractivity contribution in [2.24, 2.45) is 0 Å². The molecule has 0 spiro atoms. The van der Waals surface area contributed by atoms with E-state index >= 15 is 0 Å². The molecule has 1 N–H and O–H groups in total. The summed E-state index contributed by atoms with van der Waals surface area (Å²) in [6.45, 7) is 0.372. The molecule has 1 aliphatic rings. The number of alkyl halides is 6. The molecule has 2 amide bonds. The van der Waals surface area contributed by atoms with Crippen molar-refractivity contribution >= 4 is 23.1 Å². The van der Waals surface area contributed by atoms with E-state index in [1.54, 1.807) is 0 Å². The first-order valence-corrected chi connectivity index (χ1v) is 8.89. The molecule has 2 heterocycles. The van der Waals surface area contributed by atoms with Gasteiger partial charge >= 0.3 is 18.4 Å². The summed E-state index contributed by atoms with van der Waals surface area (Å²) in [5, 5.41) is 5.89. The Bertz CT molecular complexity index is 784. The Kier molecular flexibility index (Phi) is 5.11. The molecule has 1 atom stereocenters. The lowest BCUT2D eigenvalue weighted by atomic mass is 10.1. The van der Waals surface area contributed by atoms with E-state index in [1.807, 2.05) is 16.8 Å². The third kappa shape index (κ3) is 4.37. The lowest BCUT2D eigenvalue weighted by Gasteiger charge is -2.25. The quantitative estimate of drug-likeness (QED) is 0.594. The lowest BCUT2D eigenvalue weighted by Crippen LogP contribution is -2.34. The van der Waals surface area contributed by atoms with Crippen molar-refractivity contribution < 1.29 is 31.1 Å². The number of amides is 2. The van der Waals surface area contributed by atoms with E-state index in [9.17, 15) is 31.1 Å². The number of nitrogens with zero attached hydrogens (tertiary/aromatic N) is 1. The van der Waals surface area contributed by atoms with Crippen molar-refractivity contribution in [3.8, 4) is 0 Å².